The summed E-state index contributed by atoms with van der Waals surface area (Å²) in [5, 5.41) is 3.02. The molecule has 27 heavy (non-hydrogen) atoms. The molecule has 0 saturated heterocycles. The van der Waals surface area contributed by atoms with Gasteiger partial charge in [-0.3, -0.25) is 4.79 Å². The van der Waals surface area contributed by atoms with E-state index in [2.05, 4.69) is 5.32 Å². The third-order valence-electron chi connectivity index (χ3n) is 4.68. The van der Waals surface area contributed by atoms with Crippen molar-refractivity contribution in [2.75, 3.05) is 14.2 Å². The second kappa shape index (κ2) is 9.31. The molecule has 0 aliphatic heterocycles. The number of benzene rings is 2. The molecule has 0 saturated carbocycles. The fourth-order valence-electron chi connectivity index (χ4n) is 2.84. The Labute approximate surface area is 161 Å². The highest BCUT2D eigenvalue weighted by atomic mass is 16.5. The molecule has 5 heteroatoms. The first-order chi connectivity index (χ1) is 12.9. The first-order valence-electron chi connectivity index (χ1n) is 9.15. The number of hydrogen-bond acceptors (Lipinski definition) is 4. The Bertz CT molecular complexity index is 788. The van der Waals surface area contributed by atoms with Gasteiger partial charge in [0.05, 0.1) is 20.3 Å². The van der Waals surface area contributed by atoms with Gasteiger partial charge in [-0.05, 0) is 68.7 Å². The summed E-state index contributed by atoms with van der Waals surface area (Å²) in [6.07, 6.45) is 0.00642. The van der Waals surface area contributed by atoms with Crippen LogP contribution in [0.5, 0.6) is 17.2 Å². The van der Waals surface area contributed by atoms with Crippen LogP contribution in [0.3, 0.4) is 0 Å². The highest BCUT2D eigenvalue weighted by Crippen LogP contribution is 2.29. The molecule has 1 amide bonds. The summed E-state index contributed by atoms with van der Waals surface area (Å²) in [4.78, 5) is 12.8. The minimum absolute atomic E-state index is 0.159. The summed E-state index contributed by atoms with van der Waals surface area (Å²) in [5.41, 5.74) is 3.18. The highest BCUT2D eigenvalue weighted by molar-refractivity contribution is 5.81. The van der Waals surface area contributed by atoms with E-state index in [1.165, 1.54) is 5.56 Å². The van der Waals surface area contributed by atoms with Crippen LogP contribution in [-0.4, -0.2) is 26.2 Å². The molecule has 0 radical (unpaired) electrons. The van der Waals surface area contributed by atoms with E-state index in [0.29, 0.717) is 23.7 Å². The Morgan fingerprint density at radius 3 is 2.30 bits per heavy atom. The number of ether oxygens (including phenoxy) is 3. The molecule has 0 bridgehead atoms. The minimum Gasteiger partial charge on any atom is -0.497 e. The third kappa shape index (κ3) is 5.16. The third-order valence-corrected chi connectivity index (χ3v) is 4.68. The zero-order valence-corrected chi connectivity index (χ0v) is 17.0. The van der Waals surface area contributed by atoms with E-state index in [1.807, 2.05) is 64.1 Å². The quantitative estimate of drug-likeness (QED) is 0.749. The zero-order valence-electron chi connectivity index (χ0n) is 17.0. The largest absolute Gasteiger partial charge is 0.497 e. The van der Waals surface area contributed by atoms with Crippen LogP contribution in [0.25, 0.3) is 0 Å². The highest BCUT2D eigenvalue weighted by Gasteiger charge is 2.22. The molecule has 2 rings (SSSR count). The second-order valence-corrected chi connectivity index (χ2v) is 6.60. The van der Waals surface area contributed by atoms with Gasteiger partial charge in [-0.2, -0.15) is 0 Å². The van der Waals surface area contributed by atoms with Crippen LogP contribution in [-0.2, 0) is 4.79 Å². The number of nitrogens with one attached hydrogen (secondary N) is 1. The van der Waals surface area contributed by atoms with Gasteiger partial charge in [0, 0.05) is 5.56 Å². The maximum absolute atomic E-state index is 12.8. The molecular weight excluding hydrogens is 342 g/mol. The van der Waals surface area contributed by atoms with Crippen molar-refractivity contribution in [1.82, 2.24) is 5.32 Å². The Morgan fingerprint density at radius 2 is 1.70 bits per heavy atom. The molecule has 0 spiro atoms. The molecule has 0 unspecified atom stereocenters. The lowest BCUT2D eigenvalue weighted by Crippen LogP contribution is -2.39. The molecule has 5 nitrogen and oxygen atoms in total. The lowest BCUT2D eigenvalue weighted by Gasteiger charge is -2.22. The van der Waals surface area contributed by atoms with Crippen LogP contribution in [0.2, 0.25) is 0 Å². The van der Waals surface area contributed by atoms with Crippen molar-refractivity contribution < 1.29 is 19.0 Å². The fraction of sp³-hybridized carbons (Fsp3) is 0.409. The van der Waals surface area contributed by atoms with Crippen molar-refractivity contribution in [2.24, 2.45) is 0 Å². The first-order valence-corrected chi connectivity index (χ1v) is 9.15. The van der Waals surface area contributed by atoms with Crippen molar-refractivity contribution in [3.8, 4) is 17.2 Å². The lowest BCUT2D eigenvalue weighted by atomic mass is 10.1. The fourth-order valence-corrected chi connectivity index (χ4v) is 2.84. The summed E-state index contributed by atoms with van der Waals surface area (Å²) in [6, 6.07) is 11.1. The van der Waals surface area contributed by atoms with Gasteiger partial charge in [-0.1, -0.05) is 13.0 Å². The number of amides is 1. The van der Waals surface area contributed by atoms with Gasteiger partial charge in [-0.25, -0.2) is 0 Å². The van der Waals surface area contributed by atoms with E-state index in [1.54, 1.807) is 14.2 Å². The van der Waals surface area contributed by atoms with E-state index >= 15 is 0 Å². The molecule has 0 fully saturated rings. The maximum atomic E-state index is 12.8. The molecule has 0 aromatic heterocycles. The van der Waals surface area contributed by atoms with Crippen LogP contribution in [0.4, 0.5) is 0 Å². The van der Waals surface area contributed by atoms with Gasteiger partial charge in [0.1, 0.15) is 17.2 Å². The second-order valence-electron chi connectivity index (χ2n) is 6.60. The number of carbonyl (C=O) groups is 1. The summed E-state index contributed by atoms with van der Waals surface area (Å²) in [5.74, 6) is 1.96. The molecule has 2 atom stereocenters. The summed E-state index contributed by atoms with van der Waals surface area (Å²) in [7, 11) is 3.22. The van der Waals surface area contributed by atoms with Gasteiger partial charge in [-0.15, -0.1) is 0 Å². The topological polar surface area (TPSA) is 56.8 Å². The van der Waals surface area contributed by atoms with Crippen molar-refractivity contribution in [2.45, 2.75) is 46.3 Å². The molecule has 2 aromatic carbocycles. The average molecular weight is 371 g/mol. The molecule has 0 aliphatic carbocycles. The van der Waals surface area contributed by atoms with E-state index in [9.17, 15) is 4.79 Å². The normalized spacial score (nSPS) is 12.8. The molecular formula is C22H29NO4. The Hall–Kier alpha value is -2.69. The van der Waals surface area contributed by atoms with Crippen molar-refractivity contribution in [3.63, 3.8) is 0 Å². The monoisotopic (exact) mass is 371 g/mol. The van der Waals surface area contributed by atoms with Crippen LogP contribution < -0.4 is 19.5 Å². The van der Waals surface area contributed by atoms with Crippen molar-refractivity contribution in [3.05, 3.63) is 53.1 Å². The maximum Gasteiger partial charge on any atom is 0.261 e. The Balaban J connectivity index is 2.12. The molecule has 0 aliphatic rings. The van der Waals surface area contributed by atoms with Crippen LogP contribution >= 0.6 is 0 Å². The van der Waals surface area contributed by atoms with Crippen LogP contribution in [0.15, 0.2) is 36.4 Å². The number of rotatable bonds is 8. The standard InChI is InChI=1S/C22H29NO4/c1-7-20(27-18-9-8-14(2)15(3)12-18)22(24)23-16(4)19-13-17(25-5)10-11-21(19)26-6/h8-13,16,20H,7H2,1-6H3,(H,23,24)/t16-,20+/m1/s1. The van der Waals surface area contributed by atoms with Gasteiger partial charge in [0.15, 0.2) is 6.10 Å². The Morgan fingerprint density at radius 1 is 1.00 bits per heavy atom. The molecule has 2 aromatic rings. The van der Waals surface area contributed by atoms with Crippen LogP contribution in [0, 0.1) is 13.8 Å². The summed E-state index contributed by atoms with van der Waals surface area (Å²) in [6.45, 7) is 7.92. The summed E-state index contributed by atoms with van der Waals surface area (Å²) >= 11 is 0. The van der Waals surface area contributed by atoms with Gasteiger partial charge < -0.3 is 19.5 Å². The molecule has 146 valence electrons. The summed E-state index contributed by atoms with van der Waals surface area (Å²) < 4.78 is 16.6. The van der Waals surface area contributed by atoms with Gasteiger partial charge in [0.25, 0.3) is 5.91 Å². The smallest absolute Gasteiger partial charge is 0.261 e. The van der Waals surface area contributed by atoms with Crippen LogP contribution in [0.1, 0.15) is 43.0 Å². The SMILES string of the molecule is CC[C@H](Oc1ccc(C)c(C)c1)C(=O)N[C@H](C)c1cc(OC)ccc1OC. The van der Waals surface area contributed by atoms with E-state index < -0.39 is 6.10 Å². The van der Waals surface area contributed by atoms with E-state index in [4.69, 9.17) is 14.2 Å². The number of hydrogen-bond donors (Lipinski definition) is 1. The van der Waals surface area contributed by atoms with Crippen molar-refractivity contribution >= 4 is 5.91 Å². The van der Waals surface area contributed by atoms with E-state index in [0.717, 1.165) is 11.1 Å². The lowest BCUT2D eigenvalue weighted by molar-refractivity contribution is -0.128. The van der Waals surface area contributed by atoms with Gasteiger partial charge in [0.2, 0.25) is 0 Å². The number of carbonyl (C=O) groups excluding carboxylic acids is 1. The number of methoxy groups -OCH3 is 2. The first kappa shape index (κ1) is 20.6. The van der Waals surface area contributed by atoms with Crippen molar-refractivity contribution in [1.29, 1.82) is 0 Å². The average Bonchev–Trinajstić information content (AvgIpc) is 2.67. The molecule has 1 N–H and O–H groups in total. The Kier molecular flexibility index (Phi) is 7.11. The number of aryl methyl sites for hydroxylation is 2. The predicted octanol–water partition coefficient (Wildman–Crippen LogP) is 4.36. The minimum atomic E-state index is -0.564. The molecule has 0 heterocycles. The van der Waals surface area contributed by atoms with E-state index in [-0.39, 0.29) is 11.9 Å². The zero-order chi connectivity index (χ0) is 20.0. The van der Waals surface area contributed by atoms with Gasteiger partial charge >= 0.3 is 0 Å². The predicted molar refractivity (Wildman–Crippen MR) is 107 cm³/mol.